The van der Waals surface area contributed by atoms with Crippen molar-refractivity contribution in [1.82, 2.24) is 0 Å². The summed E-state index contributed by atoms with van der Waals surface area (Å²) in [6.45, 7) is 3.78. The summed E-state index contributed by atoms with van der Waals surface area (Å²) in [5, 5.41) is 8.93. The van der Waals surface area contributed by atoms with Gasteiger partial charge in [-0.3, -0.25) is 18.6 Å². The molecule has 0 rings (SSSR count). The molecule has 65 heavy (non-hydrogen) atoms. The van der Waals surface area contributed by atoms with E-state index >= 15 is 0 Å². The smallest absolute Gasteiger partial charge is 0.472 e. The van der Waals surface area contributed by atoms with E-state index in [1.54, 1.807) is 0 Å². The van der Waals surface area contributed by atoms with Crippen LogP contribution in [0.4, 0.5) is 0 Å². The summed E-state index contributed by atoms with van der Waals surface area (Å²) in [6.07, 6.45) is 61.4. The molecule has 0 fully saturated rings. The number of carboxylic acid groups (broad SMARTS) is 1. The van der Waals surface area contributed by atoms with Crippen LogP contribution in [-0.4, -0.2) is 60.5 Å². The van der Waals surface area contributed by atoms with E-state index in [1.165, 1.54) is 122 Å². The second kappa shape index (κ2) is 49.6. The van der Waals surface area contributed by atoms with E-state index in [0.717, 1.165) is 83.5 Å². The number of carbonyl (C=O) groups excluding carboxylic acids is 1. The predicted molar refractivity (Wildman–Crippen MR) is 272 cm³/mol. The number of esters is 1. The molecule has 3 unspecified atom stereocenters. The predicted octanol–water partition coefficient (Wildman–Crippen LogP) is 15.5. The minimum absolute atomic E-state index is 0.00964. The van der Waals surface area contributed by atoms with Crippen LogP contribution < -0.4 is 5.73 Å². The van der Waals surface area contributed by atoms with Crippen LogP contribution in [0.5, 0.6) is 0 Å². The van der Waals surface area contributed by atoms with Crippen LogP contribution in [0, 0.1) is 0 Å². The van der Waals surface area contributed by atoms with Crippen molar-refractivity contribution in [2.75, 3.05) is 26.4 Å². The molecule has 0 aromatic rings. The Morgan fingerprint density at radius 2 is 0.892 bits per heavy atom. The monoisotopic (exact) mass is 936 g/mol. The van der Waals surface area contributed by atoms with Crippen LogP contribution in [0.15, 0.2) is 60.8 Å². The van der Waals surface area contributed by atoms with Crippen molar-refractivity contribution >= 4 is 19.8 Å². The lowest BCUT2D eigenvalue weighted by molar-refractivity contribution is -0.154. The van der Waals surface area contributed by atoms with Crippen molar-refractivity contribution in [3.63, 3.8) is 0 Å². The Labute approximate surface area is 398 Å². The number of phosphoric ester groups is 1. The van der Waals surface area contributed by atoms with Gasteiger partial charge in [0.05, 0.1) is 19.8 Å². The van der Waals surface area contributed by atoms with Gasteiger partial charge >= 0.3 is 19.8 Å². The number of nitrogens with two attached hydrogens (primary N) is 1. The van der Waals surface area contributed by atoms with Gasteiger partial charge in [-0.15, -0.1) is 0 Å². The highest BCUT2D eigenvalue weighted by Crippen LogP contribution is 2.43. The third-order valence-corrected chi connectivity index (χ3v) is 12.2. The first-order valence-electron chi connectivity index (χ1n) is 26.3. The third kappa shape index (κ3) is 49.4. The highest BCUT2D eigenvalue weighted by Gasteiger charge is 2.27. The zero-order chi connectivity index (χ0) is 47.6. The molecule has 0 aromatic heterocycles. The first-order valence-corrected chi connectivity index (χ1v) is 27.8. The summed E-state index contributed by atoms with van der Waals surface area (Å²) in [6, 6.07) is -1.48. The molecule has 0 bridgehead atoms. The fourth-order valence-electron chi connectivity index (χ4n) is 7.24. The number of aliphatic carboxylic acids is 1. The Morgan fingerprint density at radius 3 is 1.35 bits per heavy atom. The zero-order valence-electron chi connectivity index (χ0n) is 41.6. The summed E-state index contributed by atoms with van der Waals surface area (Å²) in [4.78, 5) is 33.7. The second-order valence-electron chi connectivity index (χ2n) is 17.6. The van der Waals surface area contributed by atoms with Gasteiger partial charge in [-0.25, -0.2) is 4.57 Å². The molecule has 0 aromatic carbocycles. The fourth-order valence-corrected chi connectivity index (χ4v) is 8.02. The Kier molecular flexibility index (Phi) is 47.8. The van der Waals surface area contributed by atoms with Crippen LogP contribution in [0.3, 0.4) is 0 Å². The lowest BCUT2D eigenvalue weighted by Gasteiger charge is -2.20. The average Bonchev–Trinajstić information content (AvgIpc) is 3.29. The van der Waals surface area contributed by atoms with E-state index in [1.807, 2.05) is 0 Å². The maximum absolute atomic E-state index is 12.7. The minimum Gasteiger partial charge on any atom is -0.480 e. The summed E-state index contributed by atoms with van der Waals surface area (Å²) in [5.74, 6) is -1.79. The molecular formula is C54H98NO9P. The summed E-state index contributed by atoms with van der Waals surface area (Å²) < 4.78 is 33.5. The van der Waals surface area contributed by atoms with Crippen LogP contribution in [0.25, 0.3) is 0 Å². The molecule has 378 valence electrons. The Balaban J connectivity index is 4.13. The lowest BCUT2D eigenvalue weighted by atomic mass is 10.0. The quantitative estimate of drug-likeness (QED) is 0.0232. The van der Waals surface area contributed by atoms with E-state index in [-0.39, 0.29) is 13.0 Å². The van der Waals surface area contributed by atoms with Gasteiger partial charge < -0.3 is 25.2 Å². The number of hydrogen-bond acceptors (Lipinski definition) is 8. The molecule has 10 nitrogen and oxygen atoms in total. The van der Waals surface area contributed by atoms with Crippen LogP contribution in [0.1, 0.15) is 232 Å². The Morgan fingerprint density at radius 1 is 0.508 bits per heavy atom. The molecule has 0 heterocycles. The van der Waals surface area contributed by atoms with E-state index in [4.69, 9.17) is 29.4 Å². The van der Waals surface area contributed by atoms with Gasteiger partial charge in [-0.05, 0) is 77.0 Å². The fraction of sp³-hybridized carbons (Fsp3) is 0.778. The maximum Gasteiger partial charge on any atom is 0.472 e. The molecule has 4 N–H and O–H groups in total. The second-order valence-corrected chi connectivity index (χ2v) is 19.1. The molecule has 0 saturated heterocycles. The number of phosphoric acid groups is 1. The van der Waals surface area contributed by atoms with Crippen LogP contribution in [0.2, 0.25) is 0 Å². The molecule has 0 saturated carbocycles. The van der Waals surface area contributed by atoms with E-state index in [2.05, 4.69) is 74.6 Å². The van der Waals surface area contributed by atoms with Gasteiger partial charge in [-0.2, -0.15) is 0 Å². The van der Waals surface area contributed by atoms with Crippen LogP contribution >= 0.6 is 7.82 Å². The highest BCUT2D eigenvalue weighted by atomic mass is 31.2. The average molecular weight is 936 g/mol. The number of carboxylic acids is 1. The van der Waals surface area contributed by atoms with E-state index < -0.39 is 45.1 Å². The lowest BCUT2D eigenvalue weighted by Crippen LogP contribution is -2.34. The van der Waals surface area contributed by atoms with Crippen molar-refractivity contribution in [3.8, 4) is 0 Å². The van der Waals surface area contributed by atoms with Crippen molar-refractivity contribution in [3.05, 3.63) is 60.8 Å². The number of carbonyl (C=O) groups is 2. The Bertz CT molecular complexity index is 1270. The molecule has 0 amide bonds. The van der Waals surface area contributed by atoms with Gasteiger partial charge in [0.15, 0.2) is 0 Å². The maximum atomic E-state index is 12.7. The Hall–Kier alpha value is -2.33. The van der Waals surface area contributed by atoms with Gasteiger partial charge in [0.1, 0.15) is 12.1 Å². The van der Waals surface area contributed by atoms with Crippen molar-refractivity contribution in [1.29, 1.82) is 0 Å². The van der Waals surface area contributed by atoms with Gasteiger partial charge in [0.2, 0.25) is 0 Å². The van der Waals surface area contributed by atoms with Crippen molar-refractivity contribution in [2.45, 2.75) is 244 Å². The van der Waals surface area contributed by atoms with Gasteiger partial charge in [-0.1, -0.05) is 209 Å². The number of unbranched alkanes of at least 4 members (excludes halogenated alkanes) is 26. The number of ether oxygens (including phenoxy) is 2. The van der Waals surface area contributed by atoms with E-state index in [0.29, 0.717) is 13.0 Å². The van der Waals surface area contributed by atoms with E-state index in [9.17, 15) is 19.0 Å². The van der Waals surface area contributed by atoms with Crippen LogP contribution in [-0.2, 0) is 32.7 Å². The SMILES string of the molecule is CC/C=C\C/C=C\C/C=C\C/C=C\CCCCCCCCC(=O)OC(COCCCCCCCCCCCCCC/C=C\CCCCCCCCCC)COP(=O)(O)OCC(N)C(=O)O. The largest absolute Gasteiger partial charge is 0.480 e. The summed E-state index contributed by atoms with van der Waals surface area (Å²) in [7, 11) is -4.63. The zero-order valence-corrected chi connectivity index (χ0v) is 42.5. The molecule has 0 radical (unpaired) electrons. The number of rotatable bonds is 50. The molecule has 0 aliphatic heterocycles. The van der Waals surface area contributed by atoms with Crippen molar-refractivity contribution in [2.24, 2.45) is 5.73 Å². The topological polar surface area (TPSA) is 155 Å². The molecule has 3 atom stereocenters. The molecule has 0 aliphatic rings. The first kappa shape index (κ1) is 62.7. The number of hydrogen-bond donors (Lipinski definition) is 3. The highest BCUT2D eigenvalue weighted by molar-refractivity contribution is 7.47. The van der Waals surface area contributed by atoms with Gasteiger partial charge in [0.25, 0.3) is 0 Å². The first-order chi connectivity index (χ1) is 31.7. The molecular weight excluding hydrogens is 838 g/mol. The molecule has 0 aliphatic carbocycles. The van der Waals surface area contributed by atoms with Crippen molar-refractivity contribution < 1.29 is 42.7 Å². The molecule has 11 heteroatoms. The molecule has 0 spiro atoms. The third-order valence-electron chi connectivity index (χ3n) is 11.3. The summed E-state index contributed by atoms with van der Waals surface area (Å²) in [5.41, 5.74) is 5.38. The summed E-state index contributed by atoms with van der Waals surface area (Å²) >= 11 is 0. The van der Waals surface area contributed by atoms with Gasteiger partial charge in [0, 0.05) is 13.0 Å². The number of allylic oxidation sites excluding steroid dienone is 10. The standard InChI is InChI=1S/C54H98NO9P/c1-3-5-7-9-11-13-15-17-19-21-23-24-25-26-27-29-31-33-35-37-39-41-43-45-47-61-48-51(49-62-65(59,60)63-50-52(55)54(57)58)64-53(56)46-44-42-40-38-36-34-32-30-28-22-20-18-16-14-12-10-8-6-4-2/h6,8,12,14,18,20-21,23,28,30,51-52H,3-5,7,9-11,13,15-17,19,22,24-27,29,31-50,55H2,1-2H3,(H,57,58)(H,59,60)/b8-6-,14-12-,20-18-,23-21-,30-28-. The normalized spacial score (nSPS) is 14.2. The minimum atomic E-state index is -4.63.